The number of ketones is 1. The minimum Gasteiger partial charge on any atom is -0.315 e. The lowest BCUT2D eigenvalue weighted by atomic mass is 9.59. The lowest BCUT2D eigenvalue weighted by Gasteiger charge is -2.44. The van der Waals surface area contributed by atoms with Gasteiger partial charge in [0.25, 0.3) is 0 Å². The fourth-order valence-corrected chi connectivity index (χ4v) is 3.48. The first-order chi connectivity index (χ1) is 7.36. The van der Waals surface area contributed by atoms with Crippen LogP contribution in [0.2, 0.25) is 0 Å². The second kappa shape index (κ2) is 3.83. The van der Waals surface area contributed by atoms with E-state index in [2.05, 4.69) is 33.0 Å². The van der Waals surface area contributed by atoms with Crippen LogP contribution in [0, 0.1) is 22.7 Å². The normalized spacial score (nSPS) is 40.6. The Morgan fingerprint density at radius 2 is 2.06 bits per heavy atom. The first-order valence-electron chi connectivity index (χ1n) is 6.60. The van der Waals surface area contributed by atoms with E-state index in [1.54, 1.807) is 0 Å². The summed E-state index contributed by atoms with van der Waals surface area (Å²) in [6, 6.07) is 0. The smallest absolute Gasteiger partial charge is 0.140 e. The first kappa shape index (κ1) is 12.1. The van der Waals surface area contributed by atoms with Crippen LogP contribution in [0.5, 0.6) is 0 Å². The van der Waals surface area contributed by atoms with Crippen LogP contribution in [0.1, 0.15) is 47.0 Å². The van der Waals surface area contributed by atoms with Crippen molar-refractivity contribution >= 4 is 5.78 Å². The van der Waals surface area contributed by atoms with E-state index in [0.29, 0.717) is 23.0 Å². The van der Waals surface area contributed by atoms with Crippen LogP contribution in [0.3, 0.4) is 0 Å². The van der Waals surface area contributed by atoms with Crippen LogP contribution in [0.4, 0.5) is 0 Å². The zero-order valence-corrected chi connectivity index (χ0v) is 11.1. The average molecular weight is 223 g/mol. The summed E-state index contributed by atoms with van der Waals surface area (Å²) in [6.45, 7) is 11.1. The van der Waals surface area contributed by atoms with E-state index < -0.39 is 0 Å². The Hall–Kier alpha value is -0.370. The number of hydrogen-bond donors (Lipinski definition) is 1. The summed E-state index contributed by atoms with van der Waals surface area (Å²) < 4.78 is 0. The Morgan fingerprint density at radius 1 is 1.38 bits per heavy atom. The third kappa shape index (κ3) is 1.81. The Balaban J connectivity index is 2.21. The third-order valence-electron chi connectivity index (χ3n) is 4.94. The molecular weight excluding hydrogens is 198 g/mol. The van der Waals surface area contributed by atoms with Crippen molar-refractivity contribution in [3.63, 3.8) is 0 Å². The van der Waals surface area contributed by atoms with E-state index in [0.717, 1.165) is 32.4 Å². The quantitative estimate of drug-likeness (QED) is 0.684. The van der Waals surface area contributed by atoms with E-state index >= 15 is 0 Å². The molecule has 2 rings (SSSR count). The Bertz CT molecular complexity index is 292. The molecule has 2 fully saturated rings. The number of Topliss-reactive ketones (excluding diaryl/α,β-unsaturated/α-hetero) is 1. The molecule has 1 saturated carbocycles. The van der Waals surface area contributed by atoms with Crippen molar-refractivity contribution in [1.29, 1.82) is 0 Å². The number of carbonyl (C=O) groups excluding carboxylic acids is 1. The van der Waals surface area contributed by atoms with E-state index in [1.165, 1.54) is 0 Å². The maximum atomic E-state index is 12.3. The van der Waals surface area contributed by atoms with Crippen molar-refractivity contribution in [1.82, 2.24) is 5.32 Å². The fraction of sp³-hybridized carbons (Fsp3) is 0.929. The second-order valence-corrected chi connectivity index (χ2v) is 6.92. The summed E-state index contributed by atoms with van der Waals surface area (Å²) in [6.07, 6.45) is 2.99. The summed E-state index contributed by atoms with van der Waals surface area (Å²) in [4.78, 5) is 12.3. The van der Waals surface area contributed by atoms with Crippen molar-refractivity contribution in [3.05, 3.63) is 0 Å². The van der Waals surface area contributed by atoms with E-state index in [-0.39, 0.29) is 5.41 Å². The molecule has 1 aliphatic carbocycles. The van der Waals surface area contributed by atoms with Crippen LogP contribution in [-0.4, -0.2) is 18.9 Å². The molecule has 2 heteroatoms. The summed E-state index contributed by atoms with van der Waals surface area (Å²) in [5.74, 6) is 1.74. The molecule has 2 nitrogen and oxygen atoms in total. The van der Waals surface area contributed by atoms with Crippen molar-refractivity contribution in [3.8, 4) is 0 Å². The Morgan fingerprint density at radius 3 is 2.56 bits per heavy atom. The van der Waals surface area contributed by atoms with E-state index in [4.69, 9.17) is 0 Å². The molecule has 1 heterocycles. The maximum absolute atomic E-state index is 12.3. The molecule has 16 heavy (non-hydrogen) atoms. The minimum absolute atomic E-state index is 0.0316. The molecule has 2 aliphatic rings. The number of carbonyl (C=O) groups is 1. The minimum atomic E-state index is -0.0316. The standard InChI is InChI=1S/C14H25NO/c1-10-8-15-9-14(10)7-11(13(2,3)4)5-6-12(14)16/h10-11,15H,5-9H2,1-4H3. The van der Waals surface area contributed by atoms with Gasteiger partial charge >= 0.3 is 0 Å². The SMILES string of the molecule is CC1CNCC12CC(C(C)(C)C)CCC2=O. The van der Waals surface area contributed by atoms with Gasteiger partial charge in [0.2, 0.25) is 0 Å². The number of hydrogen-bond acceptors (Lipinski definition) is 2. The van der Waals surface area contributed by atoms with Crippen LogP contribution in [-0.2, 0) is 4.79 Å². The maximum Gasteiger partial charge on any atom is 0.140 e. The molecule has 0 aromatic carbocycles. The van der Waals surface area contributed by atoms with Crippen molar-refractivity contribution in [2.45, 2.75) is 47.0 Å². The topological polar surface area (TPSA) is 29.1 Å². The van der Waals surface area contributed by atoms with Crippen LogP contribution < -0.4 is 5.32 Å². The average Bonchev–Trinajstić information content (AvgIpc) is 2.52. The lowest BCUT2D eigenvalue weighted by molar-refractivity contribution is -0.135. The molecule has 1 spiro atoms. The zero-order chi connectivity index (χ0) is 12.0. The zero-order valence-electron chi connectivity index (χ0n) is 11.1. The molecule has 0 amide bonds. The highest BCUT2D eigenvalue weighted by molar-refractivity contribution is 5.86. The van der Waals surface area contributed by atoms with Gasteiger partial charge in [-0.25, -0.2) is 0 Å². The largest absolute Gasteiger partial charge is 0.315 e. The summed E-state index contributed by atoms with van der Waals surface area (Å²) >= 11 is 0. The summed E-state index contributed by atoms with van der Waals surface area (Å²) in [5.41, 5.74) is 0.312. The first-order valence-corrected chi connectivity index (χ1v) is 6.60. The molecule has 1 aliphatic heterocycles. The molecule has 92 valence electrons. The van der Waals surface area contributed by atoms with E-state index in [9.17, 15) is 4.79 Å². The highest BCUT2D eigenvalue weighted by Gasteiger charge is 2.51. The molecular formula is C14H25NO. The molecule has 0 aromatic rings. The van der Waals surface area contributed by atoms with Crippen LogP contribution in [0.15, 0.2) is 0 Å². The molecule has 3 unspecified atom stereocenters. The highest BCUT2D eigenvalue weighted by Crippen LogP contribution is 2.49. The van der Waals surface area contributed by atoms with Crippen molar-refractivity contribution < 1.29 is 4.79 Å². The molecule has 1 N–H and O–H groups in total. The van der Waals surface area contributed by atoms with Crippen molar-refractivity contribution in [2.75, 3.05) is 13.1 Å². The van der Waals surface area contributed by atoms with Gasteiger partial charge in [0.1, 0.15) is 5.78 Å². The van der Waals surface area contributed by atoms with Gasteiger partial charge in [-0.3, -0.25) is 4.79 Å². The van der Waals surface area contributed by atoms with Gasteiger partial charge in [-0.2, -0.15) is 0 Å². The fourth-order valence-electron chi connectivity index (χ4n) is 3.48. The van der Waals surface area contributed by atoms with Gasteiger partial charge in [-0.1, -0.05) is 27.7 Å². The van der Waals surface area contributed by atoms with Crippen LogP contribution >= 0.6 is 0 Å². The van der Waals surface area contributed by atoms with E-state index in [1.807, 2.05) is 0 Å². The molecule has 3 atom stereocenters. The van der Waals surface area contributed by atoms with Gasteiger partial charge in [0.05, 0.1) is 0 Å². The Labute approximate surface area is 99.2 Å². The predicted molar refractivity (Wildman–Crippen MR) is 66.3 cm³/mol. The van der Waals surface area contributed by atoms with Gasteiger partial charge < -0.3 is 5.32 Å². The Kier molecular flexibility index (Phi) is 2.90. The number of rotatable bonds is 0. The van der Waals surface area contributed by atoms with Crippen molar-refractivity contribution in [2.24, 2.45) is 22.7 Å². The highest BCUT2D eigenvalue weighted by atomic mass is 16.1. The lowest BCUT2D eigenvalue weighted by Crippen LogP contribution is -2.45. The molecule has 1 saturated heterocycles. The number of nitrogens with one attached hydrogen (secondary N) is 1. The van der Waals surface area contributed by atoms with Gasteiger partial charge in [0.15, 0.2) is 0 Å². The van der Waals surface area contributed by atoms with Gasteiger partial charge in [0, 0.05) is 18.4 Å². The van der Waals surface area contributed by atoms with Gasteiger partial charge in [-0.05, 0) is 36.6 Å². The monoisotopic (exact) mass is 223 g/mol. The molecule has 0 aromatic heterocycles. The summed E-state index contributed by atoms with van der Waals surface area (Å²) in [5, 5.41) is 3.41. The summed E-state index contributed by atoms with van der Waals surface area (Å²) in [7, 11) is 0. The second-order valence-electron chi connectivity index (χ2n) is 6.92. The third-order valence-corrected chi connectivity index (χ3v) is 4.94. The predicted octanol–water partition coefficient (Wildman–Crippen LogP) is 2.63. The molecule has 0 bridgehead atoms. The molecule has 0 radical (unpaired) electrons. The van der Waals surface area contributed by atoms with Gasteiger partial charge in [-0.15, -0.1) is 0 Å². The van der Waals surface area contributed by atoms with Crippen LogP contribution in [0.25, 0.3) is 0 Å².